The lowest BCUT2D eigenvalue weighted by Crippen LogP contribution is -2.41. The number of nitrogens with one attached hydrogen (secondary N) is 1. The first-order chi connectivity index (χ1) is 9.85. The number of carbonyl (C=O) groups is 2. The molecule has 2 N–H and O–H groups in total. The largest absolute Gasteiger partial charge is 0.480 e. The van der Waals surface area contributed by atoms with Crippen LogP contribution in [0.2, 0.25) is 5.02 Å². The molecule has 1 atom stereocenters. The zero-order chi connectivity index (χ0) is 16.0. The molecular weight excluding hydrogens is 296 g/mol. The number of aliphatic carboxylic acids is 1. The van der Waals surface area contributed by atoms with E-state index in [0.29, 0.717) is 13.0 Å². The number of rotatable bonds is 7. The summed E-state index contributed by atoms with van der Waals surface area (Å²) >= 11 is 5.95. The van der Waals surface area contributed by atoms with E-state index in [2.05, 4.69) is 10.3 Å². The van der Waals surface area contributed by atoms with Crippen LogP contribution in [0.25, 0.3) is 0 Å². The third-order valence-electron chi connectivity index (χ3n) is 2.66. The predicted molar refractivity (Wildman–Crippen MR) is 78.8 cm³/mol. The number of halogens is 1. The lowest BCUT2D eigenvalue weighted by molar-refractivity contribution is -0.139. The van der Waals surface area contributed by atoms with Crippen LogP contribution in [0.15, 0.2) is 12.3 Å². The topological polar surface area (TPSA) is 88.5 Å². The van der Waals surface area contributed by atoms with Crippen molar-refractivity contribution in [1.82, 2.24) is 10.3 Å². The normalized spacial score (nSPS) is 12.0. The second kappa shape index (κ2) is 7.83. The summed E-state index contributed by atoms with van der Waals surface area (Å²) in [6, 6.07) is 0.464. The van der Waals surface area contributed by atoms with Crippen molar-refractivity contribution in [3.63, 3.8) is 0 Å². The molecule has 0 unspecified atom stereocenters. The number of carbonyl (C=O) groups excluding carboxylic acids is 1. The van der Waals surface area contributed by atoms with Gasteiger partial charge in [0.05, 0.1) is 12.2 Å². The van der Waals surface area contributed by atoms with Gasteiger partial charge in [0.25, 0.3) is 5.91 Å². The van der Waals surface area contributed by atoms with Gasteiger partial charge in [0.1, 0.15) is 11.1 Å². The summed E-state index contributed by atoms with van der Waals surface area (Å²) in [7, 11) is 0. The van der Waals surface area contributed by atoms with Gasteiger partial charge >= 0.3 is 5.97 Å². The maximum atomic E-state index is 12.0. The molecule has 0 fully saturated rings. The monoisotopic (exact) mass is 314 g/mol. The van der Waals surface area contributed by atoms with E-state index in [9.17, 15) is 9.59 Å². The summed E-state index contributed by atoms with van der Waals surface area (Å²) in [6.07, 6.45) is 1.65. The van der Waals surface area contributed by atoms with Crippen molar-refractivity contribution in [2.75, 3.05) is 6.61 Å². The van der Waals surface area contributed by atoms with Crippen LogP contribution in [0.5, 0.6) is 5.88 Å². The molecule has 0 aliphatic heterocycles. The Morgan fingerprint density at radius 3 is 2.62 bits per heavy atom. The Bertz CT molecular complexity index is 520. The number of pyridine rings is 1. The molecule has 7 heteroatoms. The summed E-state index contributed by atoms with van der Waals surface area (Å²) < 4.78 is 5.17. The van der Waals surface area contributed by atoms with Gasteiger partial charge in [0.2, 0.25) is 5.88 Å². The highest BCUT2D eigenvalue weighted by atomic mass is 35.5. The van der Waals surface area contributed by atoms with E-state index in [1.165, 1.54) is 12.3 Å². The van der Waals surface area contributed by atoms with E-state index in [4.69, 9.17) is 21.4 Å². The molecule has 116 valence electrons. The predicted octanol–water partition coefficient (Wildman–Crippen LogP) is 2.36. The minimum absolute atomic E-state index is 0.147. The smallest absolute Gasteiger partial charge is 0.326 e. The summed E-state index contributed by atoms with van der Waals surface area (Å²) in [5.74, 6) is -1.20. The molecule has 0 aromatic carbocycles. The van der Waals surface area contributed by atoms with Crippen LogP contribution in [0.3, 0.4) is 0 Å². The Morgan fingerprint density at radius 1 is 1.48 bits per heavy atom. The number of hydrogen-bond donors (Lipinski definition) is 2. The molecule has 1 rings (SSSR count). The first kappa shape index (κ1) is 17.2. The minimum Gasteiger partial charge on any atom is -0.480 e. The van der Waals surface area contributed by atoms with Gasteiger partial charge in [0, 0.05) is 6.20 Å². The van der Waals surface area contributed by atoms with Crippen LogP contribution in [-0.2, 0) is 4.79 Å². The molecule has 1 aromatic rings. The van der Waals surface area contributed by atoms with E-state index in [0.717, 1.165) is 0 Å². The number of nitrogens with zero attached hydrogens (tertiary/aromatic N) is 1. The molecule has 6 nitrogen and oxygen atoms in total. The van der Waals surface area contributed by atoms with Crippen molar-refractivity contribution in [3.8, 4) is 5.88 Å². The molecule has 0 saturated heterocycles. The van der Waals surface area contributed by atoms with Crippen LogP contribution in [0.1, 0.15) is 37.6 Å². The number of amides is 1. The number of carboxylic acid groups (broad SMARTS) is 1. The van der Waals surface area contributed by atoms with Crippen molar-refractivity contribution in [2.45, 2.75) is 33.2 Å². The van der Waals surface area contributed by atoms with Gasteiger partial charge in [-0.2, -0.15) is 0 Å². The fourth-order valence-corrected chi connectivity index (χ4v) is 1.95. The van der Waals surface area contributed by atoms with E-state index < -0.39 is 17.9 Å². The van der Waals surface area contributed by atoms with E-state index in [1.807, 2.05) is 13.8 Å². The van der Waals surface area contributed by atoms with Crippen LogP contribution >= 0.6 is 11.6 Å². The SMILES string of the molecule is CCOc1ncc(C(=O)N[C@@H](CC(C)C)C(=O)O)cc1Cl. The molecule has 0 radical (unpaired) electrons. The third-order valence-corrected chi connectivity index (χ3v) is 2.93. The fourth-order valence-electron chi connectivity index (χ4n) is 1.73. The number of hydrogen-bond acceptors (Lipinski definition) is 4. The second-order valence-electron chi connectivity index (χ2n) is 4.94. The summed E-state index contributed by atoms with van der Waals surface area (Å²) in [4.78, 5) is 27.1. The van der Waals surface area contributed by atoms with Gasteiger partial charge in [-0.1, -0.05) is 25.4 Å². The Morgan fingerprint density at radius 2 is 2.14 bits per heavy atom. The minimum atomic E-state index is -1.07. The van der Waals surface area contributed by atoms with Crippen molar-refractivity contribution in [1.29, 1.82) is 0 Å². The van der Waals surface area contributed by atoms with Gasteiger partial charge in [-0.25, -0.2) is 9.78 Å². The van der Waals surface area contributed by atoms with Crippen LogP contribution in [0.4, 0.5) is 0 Å². The molecule has 0 aliphatic rings. The zero-order valence-electron chi connectivity index (χ0n) is 12.2. The van der Waals surface area contributed by atoms with Crippen molar-refractivity contribution in [3.05, 3.63) is 22.8 Å². The van der Waals surface area contributed by atoms with E-state index in [1.54, 1.807) is 6.92 Å². The standard InChI is InChI=1S/C14H19ClN2O4/c1-4-21-13-10(15)6-9(7-16-13)12(18)17-11(14(19)20)5-8(2)3/h6-8,11H,4-5H2,1-3H3,(H,17,18)(H,19,20)/t11-/m0/s1. The van der Waals surface area contributed by atoms with Gasteiger partial charge in [-0.3, -0.25) is 4.79 Å². The molecule has 0 aliphatic carbocycles. The molecule has 21 heavy (non-hydrogen) atoms. The highest BCUT2D eigenvalue weighted by Gasteiger charge is 2.22. The highest BCUT2D eigenvalue weighted by Crippen LogP contribution is 2.22. The first-order valence-electron chi connectivity index (χ1n) is 6.67. The molecule has 1 amide bonds. The summed E-state index contributed by atoms with van der Waals surface area (Å²) in [5, 5.41) is 11.8. The van der Waals surface area contributed by atoms with Gasteiger partial charge in [-0.05, 0) is 25.3 Å². The molecule has 1 heterocycles. The summed E-state index contributed by atoms with van der Waals surface area (Å²) in [6.45, 7) is 5.98. The van der Waals surface area contributed by atoms with Crippen LogP contribution in [0, 0.1) is 5.92 Å². The van der Waals surface area contributed by atoms with Crippen LogP contribution in [-0.4, -0.2) is 34.6 Å². The number of aromatic nitrogens is 1. The number of carboxylic acids is 1. The Balaban J connectivity index is 2.83. The Labute approximate surface area is 128 Å². The van der Waals surface area contributed by atoms with Crippen LogP contribution < -0.4 is 10.1 Å². The third kappa shape index (κ3) is 5.23. The maximum Gasteiger partial charge on any atom is 0.326 e. The second-order valence-corrected chi connectivity index (χ2v) is 5.35. The van der Waals surface area contributed by atoms with Crippen molar-refractivity contribution < 1.29 is 19.4 Å². The summed E-state index contributed by atoms with van der Waals surface area (Å²) in [5.41, 5.74) is 0.193. The average Bonchev–Trinajstić information content (AvgIpc) is 2.39. The molecular formula is C14H19ClN2O4. The average molecular weight is 315 g/mol. The van der Waals surface area contributed by atoms with Gasteiger partial charge in [0.15, 0.2) is 0 Å². The highest BCUT2D eigenvalue weighted by molar-refractivity contribution is 6.32. The molecule has 0 bridgehead atoms. The molecule has 0 saturated carbocycles. The van der Waals surface area contributed by atoms with Crippen molar-refractivity contribution >= 4 is 23.5 Å². The Kier molecular flexibility index (Phi) is 6.42. The van der Waals surface area contributed by atoms with Gasteiger partial charge in [-0.15, -0.1) is 0 Å². The molecule has 0 spiro atoms. The zero-order valence-corrected chi connectivity index (χ0v) is 13.0. The Hall–Kier alpha value is -1.82. The van der Waals surface area contributed by atoms with E-state index >= 15 is 0 Å². The van der Waals surface area contributed by atoms with E-state index in [-0.39, 0.29) is 22.4 Å². The lowest BCUT2D eigenvalue weighted by atomic mass is 10.0. The van der Waals surface area contributed by atoms with Gasteiger partial charge < -0.3 is 15.2 Å². The first-order valence-corrected chi connectivity index (χ1v) is 7.05. The van der Waals surface area contributed by atoms with Crippen molar-refractivity contribution in [2.24, 2.45) is 5.92 Å². The number of ether oxygens (including phenoxy) is 1. The maximum absolute atomic E-state index is 12.0. The molecule has 1 aromatic heterocycles. The fraction of sp³-hybridized carbons (Fsp3) is 0.500. The quantitative estimate of drug-likeness (QED) is 0.806. The lowest BCUT2D eigenvalue weighted by Gasteiger charge is -2.16.